The lowest BCUT2D eigenvalue weighted by atomic mass is 10.4. The first-order valence-electron chi connectivity index (χ1n) is 6.01. The first kappa shape index (κ1) is 14.9. The number of hydrogen-bond acceptors (Lipinski definition) is 4. The highest BCUT2D eigenvalue weighted by molar-refractivity contribution is 7.84. The van der Waals surface area contributed by atoms with Crippen LogP contribution in [0.3, 0.4) is 0 Å². The molecule has 18 heavy (non-hydrogen) atoms. The molecule has 0 fully saturated rings. The molecule has 0 aliphatic rings. The summed E-state index contributed by atoms with van der Waals surface area (Å²) in [6.07, 6.45) is 0. The Labute approximate surface area is 110 Å². The van der Waals surface area contributed by atoms with Crippen molar-refractivity contribution in [1.29, 1.82) is 0 Å². The van der Waals surface area contributed by atoms with Gasteiger partial charge in [-0.1, -0.05) is 0 Å². The van der Waals surface area contributed by atoms with Crippen molar-refractivity contribution in [3.8, 4) is 0 Å². The van der Waals surface area contributed by atoms with Gasteiger partial charge in [-0.15, -0.1) is 0 Å². The van der Waals surface area contributed by atoms with Crippen molar-refractivity contribution in [3.05, 3.63) is 23.7 Å². The van der Waals surface area contributed by atoms with Gasteiger partial charge in [0, 0.05) is 23.9 Å². The number of furan rings is 1. The Balaban J connectivity index is 2.48. The Hall–Kier alpha value is -1.14. The molecule has 1 aromatic rings. The van der Waals surface area contributed by atoms with Crippen molar-refractivity contribution in [2.45, 2.75) is 26.1 Å². The molecule has 1 aromatic heterocycles. The van der Waals surface area contributed by atoms with E-state index in [4.69, 9.17) is 10.2 Å². The summed E-state index contributed by atoms with van der Waals surface area (Å²) < 4.78 is 17.2. The molecule has 0 bridgehead atoms. The highest BCUT2D eigenvalue weighted by atomic mass is 32.2. The van der Waals surface area contributed by atoms with Gasteiger partial charge in [0.2, 0.25) is 5.91 Å². The number of rotatable bonds is 7. The Morgan fingerprint density at radius 3 is 2.44 bits per heavy atom. The zero-order valence-electron chi connectivity index (χ0n) is 10.8. The summed E-state index contributed by atoms with van der Waals surface area (Å²) >= 11 is 0. The van der Waals surface area contributed by atoms with Gasteiger partial charge < -0.3 is 15.1 Å². The molecule has 0 aliphatic heterocycles. The van der Waals surface area contributed by atoms with Crippen LogP contribution in [0.15, 0.2) is 16.5 Å². The fourth-order valence-corrected chi connectivity index (χ4v) is 2.66. The summed E-state index contributed by atoms with van der Waals surface area (Å²) in [5.74, 6) is 1.50. The molecule has 0 radical (unpaired) electrons. The maximum absolute atomic E-state index is 11.8. The van der Waals surface area contributed by atoms with Gasteiger partial charge in [-0.3, -0.25) is 9.00 Å². The Kier molecular flexibility index (Phi) is 6.07. The van der Waals surface area contributed by atoms with E-state index in [2.05, 4.69) is 0 Å². The zero-order chi connectivity index (χ0) is 13.5. The van der Waals surface area contributed by atoms with Gasteiger partial charge in [0.1, 0.15) is 17.3 Å². The van der Waals surface area contributed by atoms with Crippen LogP contribution in [0.4, 0.5) is 0 Å². The van der Waals surface area contributed by atoms with E-state index in [0.29, 0.717) is 31.2 Å². The largest absolute Gasteiger partial charge is 0.464 e. The number of hydrogen-bond donors (Lipinski definition) is 1. The Morgan fingerprint density at radius 1 is 1.33 bits per heavy atom. The van der Waals surface area contributed by atoms with Crippen molar-refractivity contribution < 1.29 is 13.4 Å². The molecule has 1 unspecified atom stereocenters. The summed E-state index contributed by atoms with van der Waals surface area (Å²) in [4.78, 5) is 13.4. The summed E-state index contributed by atoms with van der Waals surface area (Å²) in [5, 5.41) is 0. The van der Waals surface area contributed by atoms with Gasteiger partial charge in [0.15, 0.2) is 0 Å². The molecule has 1 atom stereocenters. The quantitative estimate of drug-likeness (QED) is 0.798. The molecular weight excluding hydrogens is 252 g/mol. The molecule has 0 saturated carbocycles. The zero-order valence-corrected chi connectivity index (χ0v) is 11.7. The van der Waals surface area contributed by atoms with Crippen LogP contribution in [-0.4, -0.2) is 33.9 Å². The minimum Gasteiger partial charge on any atom is -0.464 e. The molecule has 0 aliphatic carbocycles. The third-order valence-corrected chi connectivity index (χ3v) is 3.80. The molecule has 5 nitrogen and oxygen atoms in total. The molecule has 0 aromatic carbocycles. The second kappa shape index (κ2) is 7.33. The highest BCUT2D eigenvalue weighted by Gasteiger charge is 2.15. The summed E-state index contributed by atoms with van der Waals surface area (Å²) in [6.45, 7) is 5.43. The molecule has 1 heterocycles. The van der Waals surface area contributed by atoms with Crippen LogP contribution in [0.1, 0.15) is 25.4 Å². The predicted molar refractivity (Wildman–Crippen MR) is 71.2 cm³/mol. The Bertz CT molecular complexity index is 413. The van der Waals surface area contributed by atoms with Crippen LogP contribution in [-0.2, 0) is 27.9 Å². The van der Waals surface area contributed by atoms with E-state index in [0.717, 1.165) is 0 Å². The second-order valence-electron chi connectivity index (χ2n) is 3.87. The number of carbonyl (C=O) groups excluding carboxylic acids is 1. The fourth-order valence-electron chi connectivity index (χ4n) is 1.62. The highest BCUT2D eigenvalue weighted by Crippen LogP contribution is 2.10. The normalized spacial score (nSPS) is 12.4. The van der Waals surface area contributed by atoms with Crippen LogP contribution < -0.4 is 5.73 Å². The minimum absolute atomic E-state index is 0.0420. The molecule has 6 heteroatoms. The Morgan fingerprint density at radius 2 is 1.94 bits per heavy atom. The van der Waals surface area contributed by atoms with Crippen molar-refractivity contribution >= 4 is 16.7 Å². The summed E-state index contributed by atoms with van der Waals surface area (Å²) in [7, 11) is -1.24. The smallest absolute Gasteiger partial charge is 0.235 e. The molecular formula is C12H20N2O3S. The number of nitrogens with two attached hydrogens (primary N) is 1. The van der Waals surface area contributed by atoms with Gasteiger partial charge in [-0.25, -0.2) is 0 Å². The van der Waals surface area contributed by atoms with Gasteiger partial charge in [-0.2, -0.15) is 0 Å². The number of carbonyl (C=O) groups is 1. The average molecular weight is 272 g/mol. The molecule has 0 saturated heterocycles. The summed E-state index contributed by atoms with van der Waals surface area (Å²) in [5.41, 5.74) is 5.42. The van der Waals surface area contributed by atoms with E-state index >= 15 is 0 Å². The van der Waals surface area contributed by atoms with Crippen molar-refractivity contribution in [3.63, 3.8) is 0 Å². The van der Waals surface area contributed by atoms with E-state index in [-0.39, 0.29) is 17.4 Å². The molecule has 0 spiro atoms. The topological polar surface area (TPSA) is 76.5 Å². The second-order valence-corrected chi connectivity index (χ2v) is 5.32. The van der Waals surface area contributed by atoms with E-state index in [1.807, 2.05) is 13.8 Å². The monoisotopic (exact) mass is 272 g/mol. The minimum atomic E-state index is -1.24. The van der Waals surface area contributed by atoms with Crippen LogP contribution in [0.5, 0.6) is 0 Å². The van der Waals surface area contributed by atoms with Crippen LogP contribution >= 0.6 is 0 Å². The predicted octanol–water partition coefficient (Wildman–Crippen LogP) is 0.855. The van der Waals surface area contributed by atoms with Crippen molar-refractivity contribution in [2.24, 2.45) is 5.73 Å². The van der Waals surface area contributed by atoms with E-state index in [1.54, 1.807) is 17.0 Å². The lowest BCUT2D eigenvalue weighted by Gasteiger charge is -2.17. The van der Waals surface area contributed by atoms with E-state index in [1.165, 1.54) is 0 Å². The standard InChI is InChI=1S/C12H20N2O3S/c1-3-14(4-2)12(15)9-18(16)8-11-6-5-10(7-13)17-11/h5-6H,3-4,7-9,13H2,1-2H3. The lowest BCUT2D eigenvalue weighted by molar-refractivity contribution is -0.128. The van der Waals surface area contributed by atoms with Crippen molar-refractivity contribution in [2.75, 3.05) is 18.8 Å². The fraction of sp³-hybridized carbons (Fsp3) is 0.583. The number of amides is 1. The maximum atomic E-state index is 11.8. The third kappa shape index (κ3) is 4.27. The van der Waals surface area contributed by atoms with E-state index < -0.39 is 10.8 Å². The lowest BCUT2D eigenvalue weighted by Crippen LogP contribution is -2.34. The number of nitrogens with zero attached hydrogens (tertiary/aromatic N) is 1. The van der Waals surface area contributed by atoms with Crippen LogP contribution in [0.2, 0.25) is 0 Å². The molecule has 2 N–H and O–H groups in total. The maximum Gasteiger partial charge on any atom is 0.235 e. The third-order valence-electron chi connectivity index (χ3n) is 2.62. The van der Waals surface area contributed by atoms with Gasteiger partial charge in [0.05, 0.1) is 12.3 Å². The average Bonchev–Trinajstić information content (AvgIpc) is 2.78. The molecule has 102 valence electrons. The van der Waals surface area contributed by atoms with Crippen LogP contribution in [0.25, 0.3) is 0 Å². The van der Waals surface area contributed by atoms with Gasteiger partial charge in [-0.05, 0) is 26.0 Å². The van der Waals surface area contributed by atoms with Crippen molar-refractivity contribution in [1.82, 2.24) is 4.90 Å². The first-order chi connectivity index (χ1) is 8.60. The van der Waals surface area contributed by atoms with E-state index in [9.17, 15) is 9.00 Å². The van der Waals surface area contributed by atoms with Gasteiger partial charge in [0.25, 0.3) is 0 Å². The van der Waals surface area contributed by atoms with Gasteiger partial charge >= 0.3 is 0 Å². The molecule has 1 amide bonds. The first-order valence-corrected chi connectivity index (χ1v) is 7.49. The van der Waals surface area contributed by atoms with Crippen LogP contribution in [0, 0.1) is 0 Å². The summed E-state index contributed by atoms with van der Waals surface area (Å²) in [6, 6.07) is 3.51. The SMILES string of the molecule is CCN(CC)C(=O)CS(=O)Cc1ccc(CN)o1. The molecule has 1 rings (SSSR count).